The van der Waals surface area contributed by atoms with Gasteiger partial charge in [-0.05, 0) is 68.3 Å². The fraction of sp³-hybridized carbons (Fsp3) is 0.300. The van der Waals surface area contributed by atoms with E-state index in [0.29, 0.717) is 16.9 Å². The first-order valence-electron chi connectivity index (χ1n) is 8.53. The molecule has 2 rings (SSSR count). The lowest BCUT2D eigenvalue weighted by Gasteiger charge is -2.23. The van der Waals surface area contributed by atoms with Gasteiger partial charge in [0.2, 0.25) is 15.9 Å². The molecule has 6 nitrogen and oxygen atoms in total. The number of nitrogens with one attached hydrogen (secondary N) is 1. The molecule has 27 heavy (non-hydrogen) atoms. The molecule has 0 unspecified atom stereocenters. The smallest absolute Gasteiger partial charge is 0.232 e. The Bertz CT molecular complexity index is 930. The largest absolute Gasteiger partial charge is 0.326 e. The Morgan fingerprint density at radius 2 is 1.56 bits per heavy atom. The minimum absolute atomic E-state index is 0.00845. The molecule has 0 spiro atoms. The minimum atomic E-state index is -3.52. The lowest BCUT2D eigenvalue weighted by molar-refractivity contribution is -0.116. The van der Waals surface area contributed by atoms with E-state index in [-0.39, 0.29) is 24.7 Å². The molecule has 0 saturated carbocycles. The van der Waals surface area contributed by atoms with Crippen LogP contribution in [0.4, 0.5) is 11.4 Å². The molecule has 0 atom stereocenters. The van der Waals surface area contributed by atoms with Crippen molar-refractivity contribution in [2.75, 3.05) is 22.4 Å². The Morgan fingerprint density at radius 1 is 1.00 bits per heavy atom. The molecule has 0 aliphatic rings. The van der Waals surface area contributed by atoms with Crippen LogP contribution in [0.15, 0.2) is 42.5 Å². The van der Waals surface area contributed by atoms with Gasteiger partial charge in [-0.15, -0.1) is 0 Å². The number of benzene rings is 2. The van der Waals surface area contributed by atoms with Crippen LogP contribution in [0, 0.1) is 13.8 Å². The summed E-state index contributed by atoms with van der Waals surface area (Å²) >= 11 is 0. The van der Waals surface area contributed by atoms with Crippen molar-refractivity contribution in [3.05, 3.63) is 59.2 Å². The molecule has 0 aliphatic heterocycles. The fourth-order valence-electron chi connectivity index (χ4n) is 2.80. The highest BCUT2D eigenvalue weighted by atomic mass is 32.2. The SMILES string of the molecule is CC(=O)c1ccc(NC(=O)CCN(c2cc(C)cc(C)c2)S(C)(=O)=O)cc1. The number of anilines is 2. The number of ketones is 1. The second-order valence-corrected chi connectivity index (χ2v) is 8.52. The van der Waals surface area contributed by atoms with Crippen molar-refractivity contribution >= 4 is 33.1 Å². The third kappa shape index (κ3) is 5.92. The number of hydrogen-bond donors (Lipinski definition) is 1. The van der Waals surface area contributed by atoms with E-state index in [1.165, 1.54) is 11.2 Å². The Labute approximate surface area is 160 Å². The van der Waals surface area contributed by atoms with Crippen LogP contribution in [0.2, 0.25) is 0 Å². The monoisotopic (exact) mass is 388 g/mol. The molecule has 0 radical (unpaired) electrons. The number of carbonyl (C=O) groups excluding carboxylic acids is 2. The van der Waals surface area contributed by atoms with Crippen molar-refractivity contribution < 1.29 is 18.0 Å². The van der Waals surface area contributed by atoms with Crippen LogP contribution < -0.4 is 9.62 Å². The number of sulfonamides is 1. The predicted molar refractivity (Wildman–Crippen MR) is 108 cm³/mol. The maximum absolute atomic E-state index is 12.2. The zero-order valence-electron chi connectivity index (χ0n) is 15.9. The van der Waals surface area contributed by atoms with Gasteiger partial charge in [-0.1, -0.05) is 6.07 Å². The highest BCUT2D eigenvalue weighted by molar-refractivity contribution is 7.92. The quantitative estimate of drug-likeness (QED) is 0.738. The summed E-state index contributed by atoms with van der Waals surface area (Å²) in [6.07, 6.45) is 1.14. The molecule has 0 saturated heterocycles. The van der Waals surface area contributed by atoms with Crippen LogP contribution in [-0.4, -0.2) is 32.9 Å². The van der Waals surface area contributed by atoms with Crippen LogP contribution in [0.1, 0.15) is 34.8 Å². The number of Topliss-reactive ketones (excluding diaryl/α,β-unsaturated/α-hetero) is 1. The van der Waals surface area contributed by atoms with E-state index >= 15 is 0 Å². The van der Waals surface area contributed by atoms with Crippen LogP contribution in [0.3, 0.4) is 0 Å². The van der Waals surface area contributed by atoms with Crippen molar-refractivity contribution in [2.45, 2.75) is 27.2 Å². The lowest BCUT2D eigenvalue weighted by atomic mass is 10.1. The molecule has 0 heterocycles. The molecule has 7 heteroatoms. The number of amides is 1. The summed E-state index contributed by atoms with van der Waals surface area (Å²) < 4.78 is 25.6. The second-order valence-electron chi connectivity index (χ2n) is 6.61. The van der Waals surface area contributed by atoms with Crippen LogP contribution >= 0.6 is 0 Å². The average molecular weight is 388 g/mol. The molecule has 0 bridgehead atoms. The predicted octanol–water partition coefficient (Wildman–Crippen LogP) is 3.30. The number of nitrogens with zero attached hydrogens (tertiary/aromatic N) is 1. The Balaban J connectivity index is 2.08. The molecule has 2 aromatic rings. The molecular weight excluding hydrogens is 364 g/mol. The standard InChI is InChI=1S/C20H24N2O4S/c1-14-11-15(2)13-19(12-14)22(27(4,25)26)10-9-20(24)21-18-7-5-17(6-8-18)16(3)23/h5-8,11-13H,9-10H2,1-4H3,(H,21,24). The van der Waals surface area contributed by atoms with E-state index in [2.05, 4.69) is 5.32 Å². The van der Waals surface area contributed by atoms with Crippen molar-refractivity contribution in [3.63, 3.8) is 0 Å². The van der Waals surface area contributed by atoms with E-state index in [4.69, 9.17) is 0 Å². The van der Waals surface area contributed by atoms with E-state index in [1.54, 1.807) is 36.4 Å². The van der Waals surface area contributed by atoms with Gasteiger partial charge in [0.05, 0.1) is 11.9 Å². The summed E-state index contributed by atoms with van der Waals surface area (Å²) in [5.41, 5.74) is 3.57. The van der Waals surface area contributed by atoms with Gasteiger partial charge in [0.1, 0.15) is 0 Å². The number of carbonyl (C=O) groups is 2. The molecule has 0 fully saturated rings. The lowest BCUT2D eigenvalue weighted by Crippen LogP contribution is -2.33. The molecule has 0 aromatic heterocycles. The van der Waals surface area contributed by atoms with E-state index in [1.807, 2.05) is 19.9 Å². The molecule has 0 aliphatic carbocycles. The molecule has 2 aromatic carbocycles. The van der Waals surface area contributed by atoms with Gasteiger partial charge < -0.3 is 5.32 Å². The second kappa shape index (κ2) is 8.35. The third-order valence-corrected chi connectivity index (χ3v) is 5.21. The van der Waals surface area contributed by atoms with Crippen molar-refractivity contribution in [3.8, 4) is 0 Å². The first kappa shape index (κ1) is 20.6. The fourth-order valence-corrected chi connectivity index (χ4v) is 3.71. The van der Waals surface area contributed by atoms with Crippen LogP contribution in [-0.2, 0) is 14.8 Å². The van der Waals surface area contributed by atoms with Crippen molar-refractivity contribution in [2.24, 2.45) is 0 Å². The number of hydrogen-bond acceptors (Lipinski definition) is 4. The minimum Gasteiger partial charge on any atom is -0.326 e. The number of aryl methyl sites for hydroxylation is 2. The third-order valence-electron chi connectivity index (χ3n) is 4.01. The Kier molecular flexibility index (Phi) is 6.38. The van der Waals surface area contributed by atoms with E-state index < -0.39 is 10.0 Å². The van der Waals surface area contributed by atoms with Gasteiger partial charge in [0.15, 0.2) is 5.78 Å². The van der Waals surface area contributed by atoms with Crippen molar-refractivity contribution in [1.82, 2.24) is 0 Å². The molecular formula is C20H24N2O4S. The highest BCUT2D eigenvalue weighted by Crippen LogP contribution is 2.21. The summed E-state index contributed by atoms with van der Waals surface area (Å²) in [5.74, 6) is -0.353. The van der Waals surface area contributed by atoms with Crippen molar-refractivity contribution in [1.29, 1.82) is 0 Å². The van der Waals surface area contributed by atoms with Gasteiger partial charge in [0.25, 0.3) is 0 Å². The highest BCUT2D eigenvalue weighted by Gasteiger charge is 2.19. The normalized spacial score (nSPS) is 11.1. The average Bonchev–Trinajstić information content (AvgIpc) is 2.53. The van der Waals surface area contributed by atoms with E-state index in [0.717, 1.165) is 17.4 Å². The zero-order chi connectivity index (χ0) is 20.2. The van der Waals surface area contributed by atoms with Crippen LogP contribution in [0.5, 0.6) is 0 Å². The number of rotatable bonds is 7. The first-order chi connectivity index (χ1) is 12.6. The molecule has 1 N–H and O–H groups in total. The van der Waals surface area contributed by atoms with E-state index in [9.17, 15) is 18.0 Å². The summed E-state index contributed by atoms with van der Waals surface area (Å²) in [5, 5.41) is 2.72. The zero-order valence-corrected chi connectivity index (χ0v) is 16.8. The first-order valence-corrected chi connectivity index (χ1v) is 10.4. The maximum Gasteiger partial charge on any atom is 0.232 e. The van der Waals surface area contributed by atoms with Gasteiger partial charge in [-0.3, -0.25) is 13.9 Å². The van der Waals surface area contributed by atoms with Gasteiger partial charge in [-0.2, -0.15) is 0 Å². The van der Waals surface area contributed by atoms with Crippen LogP contribution in [0.25, 0.3) is 0 Å². The molecule has 1 amide bonds. The summed E-state index contributed by atoms with van der Waals surface area (Å²) in [6, 6.07) is 12.1. The molecule has 144 valence electrons. The summed E-state index contributed by atoms with van der Waals surface area (Å²) in [7, 11) is -3.52. The Hall–Kier alpha value is -2.67. The van der Waals surface area contributed by atoms with Gasteiger partial charge >= 0.3 is 0 Å². The topological polar surface area (TPSA) is 83.6 Å². The summed E-state index contributed by atoms with van der Waals surface area (Å²) in [4.78, 5) is 23.5. The Morgan fingerprint density at radius 3 is 2.04 bits per heavy atom. The van der Waals surface area contributed by atoms with Gasteiger partial charge in [0, 0.05) is 24.2 Å². The van der Waals surface area contributed by atoms with Gasteiger partial charge in [-0.25, -0.2) is 8.42 Å². The maximum atomic E-state index is 12.2. The summed E-state index contributed by atoms with van der Waals surface area (Å²) in [6.45, 7) is 5.31.